The van der Waals surface area contributed by atoms with Crippen LogP contribution in [-0.2, 0) is 4.79 Å². The van der Waals surface area contributed by atoms with Crippen LogP contribution in [-0.4, -0.2) is 34.4 Å². The second-order valence-electron chi connectivity index (χ2n) is 3.97. The molecule has 0 aliphatic heterocycles. The maximum Gasteiger partial charge on any atom is 0.246 e. The summed E-state index contributed by atoms with van der Waals surface area (Å²) in [4.78, 5) is 11.3. The van der Waals surface area contributed by atoms with Gasteiger partial charge in [-0.1, -0.05) is 6.58 Å². The van der Waals surface area contributed by atoms with Gasteiger partial charge in [0, 0.05) is 11.6 Å². The summed E-state index contributed by atoms with van der Waals surface area (Å²) in [6, 6.07) is -0.141. The topological polar surface area (TPSA) is 69.6 Å². The fraction of sp³-hybridized carbons (Fsp3) is 0.700. The first-order valence-corrected chi connectivity index (χ1v) is 4.81. The van der Waals surface area contributed by atoms with Crippen molar-refractivity contribution in [2.24, 2.45) is 0 Å². The van der Waals surface area contributed by atoms with Gasteiger partial charge in [-0.05, 0) is 26.2 Å². The molecule has 1 amide bonds. The van der Waals surface area contributed by atoms with Crippen molar-refractivity contribution in [2.75, 3.05) is 0 Å². The molecule has 2 unspecified atom stereocenters. The molecule has 1 saturated carbocycles. The molecule has 1 fully saturated rings. The number of carbonyl (C=O) groups excluding carboxylic acids is 1. The third-order valence-corrected chi connectivity index (χ3v) is 2.38. The zero-order chi connectivity index (χ0) is 10.7. The highest BCUT2D eigenvalue weighted by molar-refractivity contribution is 5.92. The molecular formula is C10H17NO3. The van der Waals surface area contributed by atoms with Crippen LogP contribution in [0.4, 0.5) is 0 Å². The van der Waals surface area contributed by atoms with Crippen LogP contribution in [0.25, 0.3) is 0 Å². The Balaban J connectivity index is 2.44. The van der Waals surface area contributed by atoms with Gasteiger partial charge in [-0.25, -0.2) is 0 Å². The number of aliphatic hydroxyl groups excluding tert-OH is 2. The van der Waals surface area contributed by atoms with Crippen LogP contribution in [0.3, 0.4) is 0 Å². The van der Waals surface area contributed by atoms with Crippen molar-refractivity contribution in [1.82, 2.24) is 5.32 Å². The van der Waals surface area contributed by atoms with Crippen molar-refractivity contribution in [2.45, 2.75) is 44.4 Å². The highest BCUT2D eigenvalue weighted by Gasteiger charge is 2.27. The predicted molar refractivity (Wildman–Crippen MR) is 52.6 cm³/mol. The minimum atomic E-state index is -0.519. The first-order valence-electron chi connectivity index (χ1n) is 4.81. The predicted octanol–water partition coefficient (Wildman–Crippen LogP) is -0.0470. The molecule has 1 aliphatic rings. The largest absolute Gasteiger partial charge is 0.393 e. The fourth-order valence-electron chi connectivity index (χ4n) is 1.69. The Kier molecular flexibility index (Phi) is 3.66. The smallest absolute Gasteiger partial charge is 0.246 e. The molecule has 0 aromatic rings. The molecule has 1 rings (SSSR count). The molecule has 0 spiro atoms. The summed E-state index contributed by atoms with van der Waals surface area (Å²) in [5, 5.41) is 21.5. The zero-order valence-corrected chi connectivity index (χ0v) is 8.36. The Bertz CT molecular complexity index is 230. The first-order chi connectivity index (χ1) is 6.49. The second-order valence-corrected chi connectivity index (χ2v) is 3.97. The molecule has 4 heteroatoms. The molecule has 80 valence electrons. The molecule has 0 saturated heterocycles. The molecular weight excluding hydrogens is 182 g/mol. The lowest BCUT2D eigenvalue weighted by molar-refractivity contribution is -0.118. The molecule has 0 radical (unpaired) electrons. The molecule has 0 aromatic carbocycles. The summed E-state index contributed by atoms with van der Waals surface area (Å²) in [7, 11) is 0. The molecule has 1 aliphatic carbocycles. The van der Waals surface area contributed by atoms with Crippen LogP contribution >= 0.6 is 0 Å². The van der Waals surface area contributed by atoms with Crippen LogP contribution in [0, 0.1) is 0 Å². The van der Waals surface area contributed by atoms with Gasteiger partial charge in [0.1, 0.15) is 0 Å². The third kappa shape index (κ3) is 3.12. The Morgan fingerprint density at radius 2 is 1.79 bits per heavy atom. The molecule has 2 atom stereocenters. The van der Waals surface area contributed by atoms with E-state index < -0.39 is 12.2 Å². The fourth-order valence-corrected chi connectivity index (χ4v) is 1.69. The Labute approximate surface area is 83.6 Å². The van der Waals surface area contributed by atoms with E-state index in [-0.39, 0.29) is 11.9 Å². The lowest BCUT2D eigenvalue weighted by Gasteiger charge is -2.30. The van der Waals surface area contributed by atoms with E-state index in [1.807, 2.05) is 0 Å². The van der Waals surface area contributed by atoms with E-state index in [0.717, 1.165) is 0 Å². The average molecular weight is 199 g/mol. The van der Waals surface area contributed by atoms with Crippen molar-refractivity contribution in [3.05, 3.63) is 12.2 Å². The van der Waals surface area contributed by atoms with E-state index in [0.29, 0.717) is 24.8 Å². The minimum absolute atomic E-state index is 0.141. The van der Waals surface area contributed by atoms with E-state index in [9.17, 15) is 15.0 Å². The summed E-state index contributed by atoms with van der Waals surface area (Å²) < 4.78 is 0. The van der Waals surface area contributed by atoms with Crippen molar-refractivity contribution in [3.63, 3.8) is 0 Å². The monoisotopic (exact) mass is 199 g/mol. The van der Waals surface area contributed by atoms with Crippen LogP contribution in [0.1, 0.15) is 26.2 Å². The lowest BCUT2D eigenvalue weighted by atomic mass is 9.90. The van der Waals surface area contributed by atoms with Crippen molar-refractivity contribution < 1.29 is 15.0 Å². The highest BCUT2D eigenvalue weighted by Crippen LogP contribution is 2.19. The van der Waals surface area contributed by atoms with Crippen molar-refractivity contribution in [1.29, 1.82) is 0 Å². The summed E-state index contributed by atoms with van der Waals surface area (Å²) in [6.45, 7) is 5.15. The van der Waals surface area contributed by atoms with E-state index in [1.54, 1.807) is 6.92 Å². The van der Waals surface area contributed by atoms with Gasteiger partial charge in [0.15, 0.2) is 0 Å². The van der Waals surface area contributed by atoms with E-state index in [2.05, 4.69) is 11.9 Å². The van der Waals surface area contributed by atoms with Gasteiger partial charge in [-0.2, -0.15) is 0 Å². The van der Waals surface area contributed by atoms with Gasteiger partial charge in [-0.15, -0.1) is 0 Å². The second kappa shape index (κ2) is 4.57. The number of hydrogen-bond acceptors (Lipinski definition) is 3. The molecule has 14 heavy (non-hydrogen) atoms. The standard InChI is InChI=1S/C10H17NO3/c1-6(2)10(14)11-7-3-8(12)5-9(13)4-7/h7-9,12-13H,1,3-5H2,2H3,(H,11,14). The van der Waals surface area contributed by atoms with Gasteiger partial charge in [0.25, 0.3) is 0 Å². The van der Waals surface area contributed by atoms with Crippen molar-refractivity contribution in [3.8, 4) is 0 Å². The van der Waals surface area contributed by atoms with Crippen LogP contribution in [0.15, 0.2) is 12.2 Å². The van der Waals surface area contributed by atoms with Gasteiger partial charge in [-0.3, -0.25) is 4.79 Å². The van der Waals surface area contributed by atoms with Crippen molar-refractivity contribution >= 4 is 5.91 Å². The molecule has 0 heterocycles. The number of amides is 1. The van der Waals surface area contributed by atoms with Gasteiger partial charge >= 0.3 is 0 Å². The molecule has 3 N–H and O–H groups in total. The SMILES string of the molecule is C=C(C)C(=O)NC1CC(O)CC(O)C1. The van der Waals surface area contributed by atoms with Crippen LogP contribution < -0.4 is 5.32 Å². The Morgan fingerprint density at radius 1 is 1.29 bits per heavy atom. The average Bonchev–Trinajstić information content (AvgIpc) is 2.01. The summed E-state index contributed by atoms with van der Waals surface area (Å²) in [5.41, 5.74) is 0.444. The number of rotatable bonds is 2. The number of aliphatic hydroxyl groups is 2. The van der Waals surface area contributed by atoms with E-state index >= 15 is 0 Å². The summed E-state index contributed by atoms with van der Waals surface area (Å²) in [6.07, 6.45) is 0.384. The minimum Gasteiger partial charge on any atom is -0.393 e. The summed E-state index contributed by atoms with van der Waals surface area (Å²) in [5.74, 6) is -0.212. The van der Waals surface area contributed by atoms with Crippen LogP contribution in [0.5, 0.6) is 0 Å². The zero-order valence-electron chi connectivity index (χ0n) is 8.36. The highest BCUT2D eigenvalue weighted by atomic mass is 16.3. The normalized spacial score (nSPS) is 32.4. The molecule has 0 aromatic heterocycles. The molecule has 0 bridgehead atoms. The Morgan fingerprint density at radius 3 is 2.21 bits per heavy atom. The number of hydrogen-bond donors (Lipinski definition) is 3. The van der Waals surface area contributed by atoms with E-state index in [1.165, 1.54) is 0 Å². The number of nitrogens with one attached hydrogen (secondary N) is 1. The van der Waals surface area contributed by atoms with Gasteiger partial charge in [0.2, 0.25) is 5.91 Å². The number of carbonyl (C=O) groups is 1. The Hall–Kier alpha value is -0.870. The molecule has 4 nitrogen and oxygen atoms in total. The maximum absolute atomic E-state index is 11.3. The van der Waals surface area contributed by atoms with Crippen LogP contribution in [0.2, 0.25) is 0 Å². The third-order valence-electron chi connectivity index (χ3n) is 2.38. The lowest BCUT2D eigenvalue weighted by Crippen LogP contribution is -2.44. The quantitative estimate of drug-likeness (QED) is 0.546. The van der Waals surface area contributed by atoms with E-state index in [4.69, 9.17) is 0 Å². The maximum atomic E-state index is 11.3. The summed E-state index contributed by atoms with van der Waals surface area (Å²) >= 11 is 0. The first kappa shape index (κ1) is 11.2. The van der Waals surface area contributed by atoms with Gasteiger partial charge < -0.3 is 15.5 Å². The van der Waals surface area contributed by atoms with Gasteiger partial charge in [0.05, 0.1) is 12.2 Å².